The molecule has 2 saturated carbocycles. The molecule has 0 saturated heterocycles. The predicted octanol–water partition coefficient (Wildman–Crippen LogP) is 4.60. The van der Waals surface area contributed by atoms with Crippen molar-refractivity contribution in [2.75, 3.05) is 20.3 Å². The first-order chi connectivity index (χ1) is 22.8. The number of nitriles is 1. The van der Waals surface area contributed by atoms with Gasteiger partial charge in [0.15, 0.2) is 0 Å². The minimum absolute atomic E-state index is 0.000117. The Morgan fingerprint density at radius 1 is 1.19 bits per heavy atom. The van der Waals surface area contributed by atoms with Crippen molar-refractivity contribution in [2.45, 2.75) is 62.3 Å². The average molecular weight is 663 g/mol. The monoisotopic (exact) mass is 662 g/mol. The van der Waals surface area contributed by atoms with Gasteiger partial charge in [-0.2, -0.15) is 23.5 Å². The molecule has 6 rings (SSSR count). The summed E-state index contributed by atoms with van der Waals surface area (Å²) in [6.07, 6.45) is -0.769. The molecule has 0 aliphatic heterocycles. The largest absolute Gasteiger partial charge is 0.494 e. The van der Waals surface area contributed by atoms with E-state index in [1.165, 1.54) is 19.2 Å². The highest BCUT2D eigenvalue weighted by Gasteiger charge is 2.57. The van der Waals surface area contributed by atoms with Gasteiger partial charge in [-0.25, -0.2) is 4.98 Å². The fourth-order valence-corrected chi connectivity index (χ4v) is 5.74. The maximum Gasteiger partial charge on any atom is 0.424 e. The molecule has 0 spiro atoms. The summed E-state index contributed by atoms with van der Waals surface area (Å²) in [6.45, 7) is 0.433. The number of ether oxygens (including phenoxy) is 2. The Labute approximate surface area is 273 Å². The first-order valence-electron chi connectivity index (χ1n) is 15.4. The smallest absolute Gasteiger partial charge is 0.424 e. The number of halogens is 3. The van der Waals surface area contributed by atoms with Gasteiger partial charge in [-0.05, 0) is 56.4 Å². The zero-order valence-electron chi connectivity index (χ0n) is 26.2. The van der Waals surface area contributed by atoms with E-state index >= 15 is 0 Å². The van der Waals surface area contributed by atoms with Crippen LogP contribution in [0.3, 0.4) is 0 Å². The number of nitrogens with one attached hydrogen (secondary N) is 1. The van der Waals surface area contributed by atoms with Gasteiger partial charge < -0.3 is 25.6 Å². The number of hydrogen-bond donors (Lipinski definition) is 3. The third kappa shape index (κ3) is 6.01. The molecule has 14 heteroatoms. The fraction of sp³-hybridized carbons (Fsp3) is 0.382. The molecule has 0 bridgehead atoms. The number of hydrogen-bond acceptors (Lipinski definition) is 8. The third-order valence-electron chi connectivity index (χ3n) is 8.77. The van der Waals surface area contributed by atoms with Crippen molar-refractivity contribution >= 4 is 22.7 Å². The van der Waals surface area contributed by atoms with Crippen molar-refractivity contribution in [1.29, 1.82) is 5.26 Å². The van der Waals surface area contributed by atoms with Crippen molar-refractivity contribution in [2.24, 2.45) is 5.73 Å². The Balaban J connectivity index is 1.38. The number of nitrogens with zero attached hydrogens (tertiary/aromatic N) is 4. The highest BCUT2D eigenvalue weighted by Crippen LogP contribution is 2.48. The van der Waals surface area contributed by atoms with E-state index < -0.39 is 47.7 Å². The van der Waals surface area contributed by atoms with Crippen LogP contribution in [0.15, 0.2) is 48.7 Å². The molecule has 2 aromatic heterocycles. The molecule has 48 heavy (non-hydrogen) atoms. The van der Waals surface area contributed by atoms with Crippen LogP contribution in [0.1, 0.15) is 65.8 Å². The number of methoxy groups -OCH3 is 1. The van der Waals surface area contributed by atoms with Crippen LogP contribution in [0.25, 0.3) is 22.2 Å². The summed E-state index contributed by atoms with van der Waals surface area (Å²) in [5.74, 6) is -1.46. The first kappa shape index (κ1) is 32.8. The van der Waals surface area contributed by atoms with Gasteiger partial charge in [-0.3, -0.25) is 14.3 Å². The molecular weight excluding hydrogens is 629 g/mol. The molecular formula is C34H33F3N6O5. The molecule has 11 nitrogen and oxygen atoms in total. The van der Waals surface area contributed by atoms with E-state index in [2.05, 4.69) is 21.5 Å². The van der Waals surface area contributed by atoms with Crippen LogP contribution in [0.2, 0.25) is 0 Å². The number of carbonyl (C=O) groups excluding carboxylic acids is 2. The molecule has 4 N–H and O–H groups in total. The maximum absolute atomic E-state index is 14.8. The summed E-state index contributed by atoms with van der Waals surface area (Å²) in [5.41, 5.74) is 1.77. The van der Waals surface area contributed by atoms with Crippen LogP contribution in [-0.4, -0.2) is 58.1 Å². The van der Waals surface area contributed by atoms with Crippen LogP contribution in [0, 0.1) is 11.3 Å². The standard InChI is InChI=1S/C34H33F3N6O5/c1-3-48-30-20(15-27(39)44)14-26(41-29(30)19-4-6-23(7-5-19)32(17-38)10-11-32)33(46,34(35,36)37)18-40-31(45)21-12-22-16-43(24-8-9-24)42-28(22)25(13-21)47-2/h4-7,12-14,16,24,46H,3,8-11,15,18H2,1-2H3,(H2,39,44)(H,40,45)/t33-/m0/s1. The molecule has 2 aliphatic rings. The van der Waals surface area contributed by atoms with Crippen molar-refractivity contribution in [3.05, 3.63) is 71.0 Å². The normalized spacial score (nSPS) is 16.5. The van der Waals surface area contributed by atoms with E-state index in [1.807, 2.05) is 0 Å². The highest BCUT2D eigenvalue weighted by molar-refractivity contribution is 6.00. The van der Waals surface area contributed by atoms with Gasteiger partial charge in [-0.1, -0.05) is 24.3 Å². The summed E-state index contributed by atoms with van der Waals surface area (Å²) in [4.78, 5) is 29.6. The Bertz CT molecular complexity index is 1940. The highest BCUT2D eigenvalue weighted by atomic mass is 19.4. The number of rotatable bonds is 12. The SMILES string of the molecule is CCOc1c(CC(N)=O)cc([C@@](O)(CNC(=O)c2cc(OC)c3nn(C4CC4)cc3c2)C(F)(F)F)nc1-c1ccc(C2(C#N)CC2)cc1. The molecule has 0 unspecified atom stereocenters. The lowest BCUT2D eigenvalue weighted by Crippen LogP contribution is -2.51. The fourth-order valence-electron chi connectivity index (χ4n) is 5.74. The maximum atomic E-state index is 14.8. The molecule has 2 fully saturated rings. The number of fused-ring (bicyclic) bond motifs is 1. The molecule has 250 valence electrons. The lowest BCUT2D eigenvalue weighted by atomic mass is 9.92. The Hall–Kier alpha value is -5.16. The van der Waals surface area contributed by atoms with E-state index in [4.69, 9.17) is 15.2 Å². The second kappa shape index (κ2) is 12.1. The topological polar surface area (TPSA) is 165 Å². The summed E-state index contributed by atoms with van der Waals surface area (Å²) in [7, 11) is 1.40. The molecule has 2 heterocycles. The molecule has 1 atom stereocenters. The third-order valence-corrected chi connectivity index (χ3v) is 8.77. The predicted molar refractivity (Wildman–Crippen MR) is 167 cm³/mol. The van der Waals surface area contributed by atoms with Crippen LogP contribution >= 0.6 is 0 Å². The van der Waals surface area contributed by atoms with Crippen molar-refractivity contribution < 1.29 is 37.3 Å². The molecule has 2 amide bonds. The number of aliphatic hydroxyl groups is 1. The van der Waals surface area contributed by atoms with Crippen molar-refractivity contribution in [3.63, 3.8) is 0 Å². The minimum atomic E-state index is -5.33. The molecule has 4 aromatic rings. The number of carbonyl (C=O) groups is 2. The molecule has 2 aliphatic carbocycles. The van der Waals surface area contributed by atoms with Gasteiger partial charge >= 0.3 is 6.18 Å². The number of primary amides is 1. The number of alkyl halides is 3. The van der Waals surface area contributed by atoms with E-state index in [0.29, 0.717) is 29.3 Å². The van der Waals surface area contributed by atoms with Gasteiger partial charge in [-0.15, -0.1) is 0 Å². The van der Waals surface area contributed by atoms with Gasteiger partial charge in [0.25, 0.3) is 5.91 Å². The lowest BCUT2D eigenvalue weighted by molar-refractivity contribution is -0.265. The van der Waals surface area contributed by atoms with Gasteiger partial charge in [0, 0.05) is 28.3 Å². The second-order valence-electron chi connectivity index (χ2n) is 12.2. The van der Waals surface area contributed by atoms with E-state index in [-0.39, 0.29) is 41.0 Å². The summed E-state index contributed by atoms with van der Waals surface area (Å²) in [5, 5.41) is 28.3. The van der Waals surface area contributed by atoms with Gasteiger partial charge in [0.05, 0.1) is 49.9 Å². The Morgan fingerprint density at radius 3 is 2.46 bits per heavy atom. The molecule has 2 aromatic carbocycles. The van der Waals surface area contributed by atoms with E-state index in [9.17, 15) is 33.1 Å². The second-order valence-corrected chi connectivity index (χ2v) is 12.2. The number of pyridine rings is 1. The first-order valence-corrected chi connectivity index (χ1v) is 15.4. The van der Waals surface area contributed by atoms with Crippen molar-refractivity contribution in [3.8, 4) is 28.8 Å². The minimum Gasteiger partial charge on any atom is -0.494 e. The number of amides is 2. The van der Waals surface area contributed by atoms with Crippen LogP contribution < -0.4 is 20.5 Å². The van der Waals surface area contributed by atoms with Crippen molar-refractivity contribution in [1.82, 2.24) is 20.1 Å². The number of aromatic nitrogens is 3. The van der Waals surface area contributed by atoms with E-state index in [0.717, 1.165) is 24.5 Å². The number of nitrogens with two attached hydrogens (primary N) is 1. The molecule has 0 radical (unpaired) electrons. The van der Waals surface area contributed by atoms with Crippen LogP contribution in [0.4, 0.5) is 13.2 Å². The summed E-state index contributed by atoms with van der Waals surface area (Å²) in [6, 6.07) is 12.9. The van der Waals surface area contributed by atoms with E-state index in [1.54, 1.807) is 42.1 Å². The Morgan fingerprint density at radius 2 is 1.90 bits per heavy atom. The van der Waals surface area contributed by atoms with Crippen LogP contribution in [0.5, 0.6) is 11.5 Å². The average Bonchev–Trinajstić information content (AvgIpc) is 4.00. The van der Waals surface area contributed by atoms with Gasteiger partial charge in [0.2, 0.25) is 11.5 Å². The van der Waals surface area contributed by atoms with Gasteiger partial charge in [0.1, 0.15) is 22.7 Å². The Kier molecular flexibility index (Phi) is 8.28. The lowest BCUT2D eigenvalue weighted by Gasteiger charge is -2.31. The zero-order valence-corrected chi connectivity index (χ0v) is 26.2. The summed E-state index contributed by atoms with van der Waals surface area (Å²) >= 11 is 0. The quantitative estimate of drug-likeness (QED) is 0.198. The van der Waals surface area contributed by atoms with Crippen LogP contribution in [-0.2, 0) is 22.2 Å². The zero-order chi connectivity index (χ0) is 34.4. The summed E-state index contributed by atoms with van der Waals surface area (Å²) < 4.78 is 57.5. The number of benzene rings is 2.